The van der Waals surface area contributed by atoms with Gasteiger partial charge in [0.15, 0.2) is 0 Å². The van der Waals surface area contributed by atoms with E-state index in [-0.39, 0.29) is 10.9 Å². The SMILES string of the molecule is O=C1C(Cl)=C(Cl)C(=O)C(Cl)=C1Cl.O=[N+]([O-])c1c([N+](=O)[O-])c([N+](=O)[O-])c2c([nH]c3ccccc32)c1[N+](=O)[O-]. The highest BCUT2D eigenvalue weighted by atomic mass is 35.5. The third-order valence-electron chi connectivity index (χ3n) is 4.77. The van der Waals surface area contributed by atoms with E-state index in [1.54, 1.807) is 0 Å². The molecule has 0 saturated carbocycles. The molecule has 0 amide bonds. The number of fused-ring (bicyclic) bond motifs is 3. The van der Waals surface area contributed by atoms with Gasteiger partial charge in [0, 0.05) is 10.9 Å². The van der Waals surface area contributed by atoms with Crippen LogP contribution in [0.3, 0.4) is 0 Å². The van der Waals surface area contributed by atoms with E-state index >= 15 is 0 Å². The lowest BCUT2D eigenvalue weighted by atomic mass is 10.1. The molecule has 0 saturated heterocycles. The largest absolute Gasteiger partial charge is 0.432 e. The number of para-hydroxylation sites is 1. The number of ketones is 2. The predicted molar refractivity (Wildman–Crippen MR) is 130 cm³/mol. The van der Waals surface area contributed by atoms with Crippen LogP contribution in [0.15, 0.2) is 44.4 Å². The number of nitro benzene ring substituents is 4. The van der Waals surface area contributed by atoms with Gasteiger partial charge in [-0.25, -0.2) is 0 Å². The van der Waals surface area contributed by atoms with Crippen LogP contribution in [0.25, 0.3) is 21.8 Å². The maximum absolute atomic E-state index is 11.4. The van der Waals surface area contributed by atoms with Gasteiger partial charge < -0.3 is 4.98 Å². The highest BCUT2D eigenvalue weighted by molar-refractivity contribution is 6.69. The van der Waals surface area contributed by atoms with Crippen LogP contribution in [0.4, 0.5) is 22.7 Å². The van der Waals surface area contributed by atoms with E-state index in [9.17, 15) is 50.0 Å². The third-order valence-corrected chi connectivity index (χ3v) is 6.40. The zero-order chi connectivity index (χ0) is 27.9. The number of halogens is 4. The Hall–Kier alpha value is -4.18. The molecule has 0 unspecified atom stereocenters. The molecule has 1 heterocycles. The van der Waals surface area contributed by atoms with Gasteiger partial charge in [0.1, 0.15) is 31.0 Å². The first kappa shape index (κ1) is 27.4. The number of hydrogen-bond acceptors (Lipinski definition) is 10. The van der Waals surface area contributed by atoms with E-state index in [1.165, 1.54) is 24.3 Å². The number of nitro groups is 4. The zero-order valence-electron chi connectivity index (χ0n) is 17.2. The van der Waals surface area contributed by atoms with Crippen molar-refractivity contribution < 1.29 is 29.3 Å². The normalized spacial score (nSPS) is 13.6. The third kappa shape index (κ3) is 4.55. The monoisotopic (exact) mass is 591 g/mol. The van der Waals surface area contributed by atoms with Crippen molar-refractivity contribution in [3.63, 3.8) is 0 Å². The first-order valence-electron chi connectivity index (χ1n) is 9.10. The summed E-state index contributed by atoms with van der Waals surface area (Å²) < 4.78 is 0. The lowest BCUT2D eigenvalue weighted by molar-refractivity contribution is -0.450. The molecular formula is C18H5Cl4N5O10. The van der Waals surface area contributed by atoms with Crippen molar-refractivity contribution in [3.05, 3.63) is 84.9 Å². The van der Waals surface area contributed by atoms with E-state index < -0.39 is 85.0 Å². The van der Waals surface area contributed by atoms with Crippen LogP contribution in [0.5, 0.6) is 0 Å². The fourth-order valence-electron chi connectivity index (χ4n) is 3.32. The van der Waals surface area contributed by atoms with E-state index in [1.807, 2.05) is 0 Å². The minimum absolute atomic E-state index is 0.102. The van der Waals surface area contributed by atoms with Crippen molar-refractivity contribution >= 4 is 103 Å². The number of aromatic amines is 1. The van der Waals surface area contributed by atoms with Crippen molar-refractivity contribution in [2.75, 3.05) is 0 Å². The molecule has 0 spiro atoms. The topological polar surface area (TPSA) is 222 Å². The highest BCUT2D eigenvalue weighted by Gasteiger charge is 2.48. The maximum Gasteiger partial charge on any atom is 0.432 e. The molecule has 1 aliphatic rings. The van der Waals surface area contributed by atoms with Crippen LogP contribution in [0.2, 0.25) is 0 Å². The van der Waals surface area contributed by atoms with Crippen molar-refractivity contribution in [1.29, 1.82) is 0 Å². The smallest absolute Gasteiger partial charge is 0.348 e. The van der Waals surface area contributed by atoms with Gasteiger partial charge in [0.05, 0.1) is 19.7 Å². The molecule has 0 aliphatic heterocycles. The number of rotatable bonds is 4. The van der Waals surface area contributed by atoms with Crippen LogP contribution in [-0.2, 0) is 9.59 Å². The summed E-state index contributed by atoms with van der Waals surface area (Å²) in [6.45, 7) is 0. The molecule has 1 aromatic heterocycles. The van der Waals surface area contributed by atoms with Gasteiger partial charge in [-0.1, -0.05) is 64.6 Å². The molecule has 0 bridgehead atoms. The summed E-state index contributed by atoms with van der Waals surface area (Å²) in [4.78, 5) is 64.8. The van der Waals surface area contributed by atoms with Gasteiger partial charge in [-0.2, -0.15) is 0 Å². The molecule has 3 aromatic rings. The molecule has 1 N–H and O–H groups in total. The lowest BCUT2D eigenvalue weighted by Gasteiger charge is -2.08. The first-order chi connectivity index (χ1) is 17.2. The quantitative estimate of drug-likeness (QED) is 0.228. The Morgan fingerprint density at radius 1 is 0.595 bits per heavy atom. The Morgan fingerprint density at radius 3 is 1.38 bits per heavy atom. The Kier molecular flexibility index (Phi) is 7.45. The van der Waals surface area contributed by atoms with Crippen molar-refractivity contribution in [2.45, 2.75) is 0 Å². The number of aromatic nitrogens is 1. The predicted octanol–water partition coefficient (Wildman–Crippen LogP) is 5.47. The standard InChI is InChI=1S/C12H5N5O8.C6Cl4O2/c18-14(19)9-7-5-3-1-2-4-6(5)13-8(7)10(15(20)21)12(17(24)25)11(9)16(22)23;7-1-2(8)6(12)4(10)3(9)5(1)11/h1-4,13H;. The van der Waals surface area contributed by atoms with Crippen LogP contribution in [-0.4, -0.2) is 36.2 Å². The molecule has 19 heteroatoms. The zero-order valence-corrected chi connectivity index (χ0v) is 20.2. The Morgan fingerprint density at radius 2 is 0.973 bits per heavy atom. The summed E-state index contributed by atoms with van der Waals surface area (Å²) in [5, 5.41) is 43.4. The number of carbonyl (C=O) groups is 2. The average Bonchev–Trinajstić information content (AvgIpc) is 3.22. The summed E-state index contributed by atoms with van der Waals surface area (Å²) in [7, 11) is 0. The number of H-pyrrole nitrogens is 1. The molecule has 0 radical (unpaired) electrons. The lowest BCUT2D eigenvalue weighted by Crippen LogP contribution is -2.14. The van der Waals surface area contributed by atoms with Crippen LogP contribution >= 0.6 is 46.4 Å². The molecule has 190 valence electrons. The number of Topliss-reactive ketones (excluding diaryl/α,β-unsaturated/α-hetero) is 2. The second-order valence-corrected chi connectivity index (χ2v) is 8.27. The fraction of sp³-hybridized carbons (Fsp3) is 0. The Bertz CT molecular complexity index is 1610. The summed E-state index contributed by atoms with van der Waals surface area (Å²) in [5.41, 5.74) is -5.75. The van der Waals surface area contributed by atoms with Gasteiger partial charge in [0.25, 0.3) is 0 Å². The number of allylic oxidation sites excluding steroid dienone is 4. The summed E-state index contributed by atoms with van der Waals surface area (Å²) in [6.07, 6.45) is 0. The van der Waals surface area contributed by atoms with Crippen molar-refractivity contribution in [1.82, 2.24) is 4.98 Å². The number of nitrogens with zero attached hydrogens (tertiary/aromatic N) is 4. The first-order valence-corrected chi connectivity index (χ1v) is 10.6. The molecule has 0 fully saturated rings. The number of nitrogens with one attached hydrogen (secondary N) is 1. The minimum Gasteiger partial charge on any atom is -0.348 e. The van der Waals surface area contributed by atoms with E-state index in [2.05, 4.69) is 4.98 Å². The number of benzene rings is 2. The Labute approximate surface area is 221 Å². The highest BCUT2D eigenvalue weighted by Crippen LogP contribution is 2.51. The fourth-order valence-corrected chi connectivity index (χ4v) is 4.14. The van der Waals surface area contributed by atoms with E-state index in [0.29, 0.717) is 0 Å². The van der Waals surface area contributed by atoms with Crippen LogP contribution in [0.1, 0.15) is 0 Å². The van der Waals surface area contributed by atoms with E-state index in [0.717, 1.165) is 0 Å². The Balaban J connectivity index is 0.000000266. The van der Waals surface area contributed by atoms with Crippen molar-refractivity contribution in [2.24, 2.45) is 0 Å². The van der Waals surface area contributed by atoms with Crippen molar-refractivity contribution in [3.8, 4) is 0 Å². The van der Waals surface area contributed by atoms with Gasteiger partial charge in [-0.05, 0) is 6.07 Å². The second kappa shape index (κ2) is 10.1. The minimum atomic E-state index is -1.54. The maximum atomic E-state index is 11.4. The van der Waals surface area contributed by atoms with Crippen LogP contribution < -0.4 is 0 Å². The second-order valence-electron chi connectivity index (χ2n) is 6.76. The molecule has 15 nitrogen and oxygen atoms in total. The van der Waals surface area contributed by atoms with Gasteiger partial charge >= 0.3 is 22.7 Å². The molecule has 1 aliphatic carbocycles. The van der Waals surface area contributed by atoms with Crippen LogP contribution in [0, 0.1) is 40.5 Å². The molecule has 37 heavy (non-hydrogen) atoms. The average molecular weight is 593 g/mol. The van der Waals surface area contributed by atoms with Gasteiger partial charge in [-0.15, -0.1) is 0 Å². The van der Waals surface area contributed by atoms with Gasteiger partial charge in [-0.3, -0.25) is 50.0 Å². The molecular weight excluding hydrogens is 588 g/mol. The number of hydrogen-bond donors (Lipinski definition) is 1. The van der Waals surface area contributed by atoms with E-state index in [4.69, 9.17) is 46.4 Å². The van der Waals surface area contributed by atoms with Gasteiger partial charge in [0.2, 0.25) is 11.6 Å². The summed E-state index contributed by atoms with van der Waals surface area (Å²) in [5.74, 6) is -1.46. The summed E-state index contributed by atoms with van der Waals surface area (Å²) in [6, 6.07) is 5.79. The molecule has 2 aromatic carbocycles. The molecule has 0 atom stereocenters. The summed E-state index contributed by atoms with van der Waals surface area (Å²) >= 11 is 21.5. The molecule has 4 rings (SSSR count). The number of carbonyl (C=O) groups excluding carboxylic acids is 2.